The van der Waals surface area contributed by atoms with Crippen molar-refractivity contribution in [3.05, 3.63) is 0 Å². The molecule has 0 aromatic heterocycles. The molecule has 0 bridgehead atoms. The van der Waals surface area contributed by atoms with Gasteiger partial charge in [-0.1, -0.05) is 0 Å². The lowest BCUT2D eigenvalue weighted by atomic mass is 9.83. The highest BCUT2D eigenvalue weighted by atomic mass is 32.2. The molecule has 0 amide bonds. The van der Waals surface area contributed by atoms with Crippen molar-refractivity contribution in [1.82, 2.24) is 0 Å². The molecule has 0 heterocycles. The second-order valence-corrected chi connectivity index (χ2v) is 6.45. The van der Waals surface area contributed by atoms with Gasteiger partial charge in [0.1, 0.15) is 10.1 Å². The Morgan fingerprint density at radius 2 is 0.621 bits per heavy atom. The van der Waals surface area contributed by atoms with Gasteiger partial charge in [-0.3, -0.25) is 0 Å². The van der Waals surface area contributed by atoms with Crippen LogP contribution in [0.2, 0.25) is 0 Å². The van der Waals surface area contributed by atoms with Gasteiger partial charge in [0.25, 0.3) is 4.75 Å². The van der Waals surface area contributed by atoms with Crippen molar-refractivity contribution in [2.75, 3.05) is 0 Å². The summed E-state index contributed by atoms with van der Waals surface area (Å²) in [4.78, 5) is 0. The van der Waals surface area contributed by atoms with Crippen LogP contribution in [0.5, 0.6) is 0 Å². The minimum atomic E-state index is -9.32. The van der Waals surface area contributed by atoms with Crippen LogP contribution >= 0.6 is 0 Å². The van der Waals surface area contributed by atoms with Crippen LogP contribution in [-0.4, -0.2) is 59.9 Å². The van der Waals surface area contributed by atoms with Crippen LogP contribution < -0.4 is 0 Å². The van der Waals surface area contributed by atoms with E-state index in [1.165, 1.54) is 0 Å². The molecule has 0 aliphatic rings. The standard InChI is InChI=1S/C8HF17O3S/c9-2(10,4(13,14)7(20,21)22)1(6(17,18)19,29(26,27)28)3(11,12)5(15,16)8(23,24)25/h(H,26,27,28)/p-1. The maximum atomic E-state index is 13.5. The summed E-state index contributed by atoms with van der Waals surface area (Å²) >= 11 is 0. The molecule has 3 nitrogen and oxygen atoms in total. The van der Waals surface area contributed by atoms with Gasteiger partial charge in [-0.2, -0.15) is 74.6 Å². The van der Waals surface area contributed by atoms with Gasteiger partial charge in [0.15, 0.2) is 0 Å². The highest BCUT2D eigenvalue weighted by Crippen LogP contribution is 2.67. The van der Waals surface area contributed by atoms with Crippen molar-refractivity contribution in [3.8, 4) is 0 Å². The molecule has 0 unspecified atom stereocenters. The predicted molar refractivity (Wildman–Crippen MR) is 50.4 cm³/mol. The summed E-state index contributed by atoms with van der Waals surface area (Å²) in [7, 11) is -9.32. The van der Waals surface area contributed by atoms with E-state index in [1.807, 2.05) is 0 Å². The molecule has 0 spiro atoms. The lowest BCUT2D eigenvalue weighted by molar-refractivity contribution is -0.432. The van der Waals surface area contributed by atoms with E-state index in [1.54, 1.807) is 0 Å². The third-order valence-corrected chi connectivity index (χ3v) is 4.65. The average molecular weight is 499 g/mol. The zero-order valence-electron chi connectivity index (χ0n) is 12.1. The van der Waals surface area contributed by atoms with Crippen LogP contribution in [0.3, 0.4) is 0 Å². The summed E-state index contributed by atoms with van der Waals surface area (Å²) in [6, 6.07) is 0. The predicted octanol–water partition coefficient (Wildman–Crippen LogP) is 4.50. The quantitative estimate of drug-likeness (QED) is 0.414. The molecule has 0 aliphatic heterocycles. The van der Waals surface area contributed by atoms with Gasteiger partial charge in [0.05, 0.1) is 0 Å². The molecule has 0 radical (unpaired) electrons. The third-order valence-electron chi connectivity index (χ3n) is 3.16. The van der Waals surface area contributed by atoms with Crippen LogP contribution in [-0.2, 0) is 10.1 Å². The Kier molecular flexibility index (Phi) is 6.08. The van der Waals surface area contributed by atoms with Gasteiger partial charge < -0.3 is 4.55 Å². The lowest BCUT2D eigenvalue weighted by Gasteiger charge is -2.50. The number of halogens is 17. The fourth-order valence-corrected chi connectivity index (χ4v) is 2.97. The molecular formula is C8F17O3S-. The van der Waals surface area contributed by atoms with Crippen molar-refractivity contribution >= 4 is 10.1 Å². The number of hydrogen-bond donors (Lipinski definition) is 0. The minimum Gasteiger partial charge on any atom is -0.747 e. The minimum absolute atomic E-state index is 8.15. The van der Waals surface area contributed by atoms with E-state index in [0.717, 1.165) is 0 Å². The Labute approximate surface area is 146 Å². The van der Waals surface area contributed by atoms with E-state index in [9.17, 15) is 87.6 Å². The Bertz CT molecular complexity index is 685. The Morgan fingerprint density at radius 3 is 0.724 bits per heavy atom. The van der Waals surface area contributed by atoms with Crippen LogP contribution in [0, 0.1) is 0 Å². The maximum Gasteiger partial charge on any atom is 0.459 e. The molecule has 176 valence electrons. The molecule has 21 heteroatoms. The summed E-state index contributed by atoms with van der Waals surface area (Å²) in [5, 5.41) is 0. The topological polar surface area (TPSA) is 57.2 Å². The van der Waals surface area contributed by atoms with Crippen LogP contribution in [0.15, 0.2) is 0 Å². The van der Waals surface area contributed by atoms with E-state index >= 15 is 0 Å². The molecule has 29 heavy (non-hydrogen) atoms. The zero-order chi connectivity index (χ0) is 24.5. The van der Waals surface area contributed by atoms with Gasteiger partial charge in [-0.05, 0) is 0 Å². The zero-order valence-corrected chi connectivity index (χ0v) is 12.9. The van der Waals surface area contributed by atoms with Gasteiger partial charge in [-0.15, -0.1) is 0 Å². The third kappa shape index (κ3) is 3.26. The van der Waals surface area contributed by atoms with Crippen molar-refractivity contribution in [2.45, 2.75) is 47.0 Å². The van der Waals surface area contributed by atoms with Crippen molar-refractivity contribution in [3.63, 3.8) is 0 Å². The summed E-state index contributed by atoms with van der Waals surface area (Å²) in [5.74, 6) is -35.7. The molecule has 0 aromatic carbocycles. The second kappa shape index (κ2) is 6.36. The van der Waals surface area contributed by atoms with Crippen LogP contribution in [0.4, 0.5) is 74.6 Å². The average Bonchev–Trinajstić information content (AvgIpc) is 2.30. The van der Waals surface area contributed by atoms with E-state index in [2.05, 4.69) is 0 Å². The molecule has 0 atom stereocenters. The van der Waals surface area contributed by atoms with Crippen LogP contribution in [0.1, 0.15) is 0 Å². The molecule has 0 rings (SSSR count). The summed E-state index contributed by atoms with van der Waals surface area (Å²) in [6.07, 6.45) is -25.0. The Balaban J connectivity index is 7.97. The molecule has 0 saturated carbocycles. The van der Waals surface area contributed by atoms with Crippen molar-refractivity contribution in [2.24, 2.45) is 0 Å². The summed E-state index contributed by atoms with van der Waals surface area (Å²) in [6.45, 7) is 0. The molecule has 0 N–H and O–H groups in total. The molecular weight excluding hydrogens is 499 g/mol. The molecule has 0 aromatic rings. The normalized spacial score (nSPS) is 16.9. The summed E-state index contributed by atoms with van der Waals surface area (Å²) < 4.78 is 238. The first-order chi connectivity index (χ1) is 12.0. The van der Waals surface area contributed by atoms with Crippen molar-refractivity contribution < 1.29 is 87.6 Å². The van der Waals surface area contributed by atoms with E-state index in [0.29, 0.717) is 0 Å². The smallest absolute Gasteiger partial charge is 0.459 e. The van der Waals surface area contributed by atoms with Gasteiger partial charge >= 0.3 is 42.2 Å². The number of hydrogen-bond acceptors (Lipinski definition) is 3. The molecule has 0 aliphatic carbocycles. The fourth-order valence-electron chi connectivity index (χ4n) is 1.81. The van der Waals surface area contributed by atoms with E-state index < -0.39 is 57.1 Å². The first-order valence-corrected chi connectivity index (χ1v) is 7.08. The monoisotopic (exact) mass is 499 g/mol. The Hall–Kier alpha value is -1.28. The highest BCUT2D eigenvalue weighted by Gasteiger charge is 2.99. The molecule has 0 fully saturated rings. The second-order valence-electron chi connectivity index (χ2n) is 4.93. The van der Waals surface area contributed by atoms with Crippen molar-refractivity contribution in [1.29, 1.82) is 0 Å². The first kappa shape index (κ1) is 27.7. The molecule has 0 saturated heterocycles. The SMILES string of the molecule is O=S(=O)([O-])C(C(F)(F)F)(C(F)(F)C(F)(F)C(F)(F)F)C(F)(F)C(F)(F)C(F)(F)F. The Morgan fingerprint density at radius 1 is 0.414 bits per heavy atom. The van der Waals surface area contributed by atoms with Gasteiger partial charge in [-0.25, -0.2) is 8.42 Å². The largest absolute Gasteiger partial charge is 0.747 e. The van der Waals surface area contributed by atoms with Gasteiger partial charge in [0, 0.05) is 0 Å². The van der Waals surface area contributed by atoms with E-state index in [-0.39, 0.29) is 0 Å². The lowest BCUT2D eigenvalue weighted by Crippen LogP contribution is -2.83. The number of alkyl halides is 17. The summed E-state index contributed by atoms with van der Waals surface area (Å²) in [5.41, 5.74) is 0. The number of rotatable bonds is 5. The first-order valence-electron chi connectivity index (χ1n) is 5.67. The van der Waals surface area contributed by atoms with Crippen LogP contribution in [0.25, 0.3) is 0 Å². The maximum absolute atomic E-state index is 13.5. The highest BCUT2D eigenvalue weighted by molar-refractivity contribution is 7.87. The fraction of sp³-hybridized carbons (Fsp3) is 1.00. The van der Waals surface area contributed by atoms with E-state index in [4.69, 9.17) is 0 Å². The van der Waals surface area contributed by atoms with Gasteiger partial charge in [0.2, 0.25) is 0 Å².